The van der Waals surface area contributed by atoms with E-state index in [1.54, 1.807) is 11.0 Å². The van der Waals surface area contributed by atoms with Gasteiger partial charge in [-0.3, -0.25) is 4.79 Å². The van der Waals surface area contributed by atoms with Gasteiger partial charge in [0.2, 0.25) is 5.91 Å². The van der Waals surface area contributed by atoms with Crippen molar-refractivity contribution >= 4 is 23.6 Å². The van der Waals surface area contributed by atoms with Crippen LogP contribution < -0.4 is 4.90 Å². The van der Waals surface area contributed by atoms with E-state index in [0.717, 1.165) is 30.6 Å². The molecule has 2 rings (SSSR count). The molecule has 4 nitrogen and oxygen atoms in total. The minimum atomic E-state index is -0.322. The number of benzene rings is 1. The van der Waals surface area contributed by atoms with Crippen LogP contribution in [0.25, 0.3) is 6.08 Å². The van der Waals surface area contributed by atoms with Gasteiger partial charge >= 0.3 is 5.97 Å². The summed E-state index contributed by atoms with van der Waals surface area (Å²) >= 11 is 0. The number of esters is 1. The van der Waals surface area contributed by atoms with Crippen molar-refractivity contribution in [2.24, 2.45) is 5.92 Å². The molecule has 1 fully saturated rings. The molecule has 1 amide bonds. The average molecular weight is 315 g/mol. The summed E-state index contributed by atoms with van der Waals surface area (Å²) in [6, 6.07) is 7.63. The lowest BCUT2D eigenvalue weighted by Crippen LogP contribution is -2.23. The molecule has 1 saturated heterocycles. The van der Waals surface area contributed by atoms with Crippen LogP contribution in [0.4, 0.5) is 5.69 Å². The van der Waals surface area contributed by atoms with E-state index in [1.807, 2.05) is 31.2 Å². The Morgan fingerprint density at radius 3 is 2.52 bits per heavy atom. The summed E-state index contributed by atoms with van der Waals surface area (Å²) in [4.78, 5) is 25.3. The molecule has 0 aromatic heterocycles. The SMILES string of the molecule is CC(C)CC(C)OC(=O)/C=C/c1ccc(N2CCCC2=O)cc1. The first-order valence-corrected chi connectivity index (χ1v) is 8.25. The summed E-state index contributed by atoms with van der Waals surface area (Å²) in [5.74, 6) is 0.357. The van der Waals surface area contributed by atoms with Crippen molar-refractivity contribution in [3.63, 3.8) is 0 Å². The van der Waals surface area contributed by atoms with Crippen LogP contribution in [0.1, 0.15) is 45.6 Å². The standard InChI is InChI=1S/C19H25NO3/c1-14(2)13-15(3)23-19(22)11-8-16-6-9-17(10-7-16)20-12-4-5-18(20)21/h6-11,14-15H,4-5,12-13H2,1-3H3/b11-8+. The number of anilines is 1. The van der Waals surface area contributed by atoms with Gasteiger partial charge in [-0.2, -0.15) is 0 Å². The molecule has 0 saturated carbocycles. The van der Waals surface area contributed by atoms with Crippen LogP contribution in [0.5, 0.6) is 0 Å². The minimum Gasteiger partial charge on any atom is -0.460 e. The van der Waals surface area contributed by atoms with Gasteiger partial charge in [0.1, 0.15) is 0 Å². The number of hydrogen-bond acceptors (Lipinski definition) is 3. The highest BCUT2D eigenvalue weighted by molar-refractivity contribution is 5.95. The van der Waals surface area contributed by atoms with Crippen LogP contribution in [-0.4, -0.2) is 24.5 Å². The van der Waals surface area contributed by atoms with Gasteiger partial charge in [-0.1, -0.05) is 26.0 Å². The molecule has 1 aromatic rings. The molecule has 0 radical (unpaired) electrons. The Morgan fingerprint density at radius 1 is 1.26 bits per heavy atom. The third-order valence-electron chi connectivity index (χ3n) is 3.81. The first kappa shape index (κ1) is 17.3. The van der Waals surface area contributed by atoms with Crippen LogP contribution in [0.3, 0.4) is 0 Å². The number of carbonyl (C=O) groups is 2. The van der Waals surface area contributed by atoms with Crippen molar-refractivity contribution in [1.82, 2.24) is 0 Å². The first-order chi connectivity index (χ1) is 11.0. The molecule has 0 N–H and O–H groups in total. The average Bonchev–Trinajstić information content (AvgIpc) is 2.91. The summed E-state index contributed by atoms with van der Waals surface area (Å²) in [5.41, 5.74) is 1.83. The van der Waals surface area contributed by atoms with Gasteiger partial charge in [-0.25, -0.2) is 4.79 Å². The van der Waals surface area contributed by atoms with Crippen LogP contribution >= 0.6 is 0 Å². The lowest BCUT2D eigenvalue weighted by molar-refractivity contribution is -0.142. The van der Waals surface area contributed by atoms with Crippen molar-refractivity contribution in [2.75, 3.05) is 11.4 Å². The highest BCUT2D eigenvalue weighted by atomic mass is 16.5. The smallest absolute Gasteiger partial charge is 0.331 e. The Balaban J connectivity index is 1.90. The van der Waals surface area contributed by atoms with E-state index in [0.29, 0.717) is 12.3 Å². The third kappa shape index (κ3) is 5.23. The van der Waals surface area contributed by atoms with E-state index in [-0.39, 0.29) is 18.0 Å². The Labute approximate surface area is 138 Å². The van der Waals surface area contributed by atoms with E-state index in [9.17, 15) is 9.59 Å². The Kier molecular flexibility index (Phi) is 5.97. The quantitative estimate of drug-likeness (QED) is 0.592. The molecule has 124 valence electrons. The maximum Gasteiger partial charge on any atom is 0.331 e. The van der Waals surface area contributed by atoms with Gasteiger partial charge in [-0.05, 0) is 49.5 Å². The van der Waals surface area contributed by atoms with E-state index in [2.05, 4.69) is 13.8 Å². The number of nitrogens with zero attached hydrogens (tertiary/aromatic N) is 1. The van der Waals surface area contributed by atoms with Gasteiger partial charge in [0, 0.05) is 24.7 Å². The maximum absolute atomic E-state index is 11.8. The summed E-state index contributed by atoms with van der Waals surface area (Å²) in [6.45, 7) is 6.90. The first-order valence-electron chi connectivity index (χ1n) is 8.25. The summed E-state index contributed by atoms with van der Waals surface area (Å²) in [6.07, 6.45) is 5.52. The Hall–Kier alpha value is -2.10. The number of rotatable bonds is 6. The fourth-order valence-corrected chi connectivity index (χ4v) is 2.80. The predicted molar refractivity (Wildman–Crippen MR) is 92.1 cm³/mol. The zero-order valence-electron chi connectivity index (χ0n) is 14.1. The molecule has 1 unspecified atom stereocenters. The molecule has 1 heterocycles. The number of ether oxygens (including phenoxy) is 1. The zero-order chi connectivity index (χ0) is 16.8. The molecular weight excluding hydrogens is 290 g/mol. The van der Waals surface area contributed by atoms with E-state index in [4.69, 9.17) is 4.74 Å². The minimum absolute atomic E-state index is 0.0734. The van der Waals surface area contributed by atoms with E-state index >= 15 is 0 Å². The van der Waals surface area contributed by atoms with Crippen LogP contribution in [0, 0.1) is 5.92 Å². The van der Waals surface area contributed by atoms with Crippen molar-refractivity contribution in [2.45, 2.75) is 46.1 Å². The highest BCUT2D eigenvalue weighted by Crippen LogP contribution is 2.21. The van der Waals surface area contributed by atoms with Gasteiger partial charge in [0.25, 0.3) is 0 Å². The molecule has 1 aromatic carbocycles. The zero-order valence-corrected chi connectivity index (χ0v) is 14.1. The summed E-state index contributed by atoms with van der Waals surface area (Å²) in [5, 5.41) is 0. The Bertz CT molecular complexity index is 575. The van der Waals surface area contributed by atoms with Crippen LogP contribution in [-0.2, 0) is 14.3 Å². The maximum atomic E-state index is 11.8. The van der Waals surface area contributed by atoms with Gasteiger partial charge in [0.15, 0.2) is 0 Å². The van der Waals surface area contributed by atoms with E-state index < -0.39 is 0 Å². The molecule has 1 atom stereocenters. The van der Waals surface area contributed by atoms with Crippen LogP contribution in [0.15, 0.2) is 30.3 Å². The van der Waals surface area contributed by atoms with Crippen molar-refractivity contribution in [3.05, 3.63) is 35.9 Å². The van der Waals surface area contributed by atoms with Crippen molar-refractivity contribution in [3.8, 4) is 0 Å². The summed E-state index contributed by atoms with van der Waals surface area (Å²) < 4.78 is 5.32. The largest absolute Gasteiger partial charge is 0.460 e. The van der Waals surface area contributed by atoms with Crippen molar-refractivity contribution < 1.29 is 14.3 Å². The number of amides is 1. The fraction of sp³-hybridized carbons (Fsp3) is 0.474. The molecule has 0 bridgehead atoms. The lowest BCUT2D eigenvalue weighted by atomic mass is 10.1. The molecular formula is C19H25NO3. The topological polar surface area (TPSA) is 46.6 Å². The number of hydrogen-bond donors (Lipinski definition) is 0. The third-order valence-corrected chi connectivity index (χ3v) is 3.81. The molecule has 1 aliphatic heterocycles. The molecule has 1 aliphatic rings. The fourth-order valence-electron chi connectivity index (χ4n) is 2.80. The lowest BCUT2D eigenvalue weighted by Gasteiger charge is -2.15. The second-order valence-corrected chi connectivity index (χ2v) is 6.45. The molecule has 4 heteroatoms. The second-order valence-electron chi connectivity index (χ2n) is 6.45. The normalized spacial score (nSPS) is 16.3. The highest BCUT2D eigenvalue weighted by Gasteiger charge is 2.21. The van der Waals surface area contributed by atoms with Crippen LogP contribution in [0.2, 0.25) is 0 Å². The monoisotopic (exact) mass is 315 g/mol. The molecule has 23 heavy (non-hydrogen) atoms. The van der Waals surface area contributed by atoms with Gasteiger partial charge in [0.05, 0.1) is 6.10 Å². The molecule has 0 spiro atoms. The van der Waals surface area contributed by atoms with Crippen molar-refractivity contribution in [1.29, 1.82) is 0 Å². The molecule has 0 aliphatic carbocycles. The Morgan fingerprint density at radius 2 is 1.96 bits per heavy atom. The number of carbonyl (C=O) groups excluding carboxylic acids is 2. The van der Waals surface area contributed by atoms with E-state index in [1.165, 1.54) is 6.08 Å². The second kappa shape index (κ2) is 7.95. The predicted octanol–water partition coefficient (Wildman–Crippen LogP) is 3.80. The summed E-state index contributed by atoms with van der Waals surface area (Å²) in [7, 11) is 0. The van der Waals surface area contributed by atoms with Gasteiger partial charge < -0.3 is 9.64 Å². The van der Waals surface area contributed by atoms with Gasteiger partial charge in [-0.15, -0.1) is 0 Å².